The Hall–Kier alpha value is -1.42. The van der Waals surface area contributed by atoms with Crippen LogP contribution in [-0.2, 0) is 11.4 Å². The molecule has 1 aromatic carbocycles. The maximum Gasteiger partial charge on any atom is 0.111 e. The average molecular weight is 303 g/mol. The van der Waals surface area contributed by atoms with Crippen LogP contribution in [0, 0.1) is 0 Å². The summed E-state index contributed by atoms with van der Waals surface area (Å²) in [6.45, 7) is 1.48. The second-order valence-corrected chi connectivity index (χ2v) is 5.73. The number of rotatable bonds is 4. The van der Waals surface area contributed by atoms with Crippen LogP contribution in [0.5, 0.6) is 0 Å². The molecule has 0 bridgehead atoms. The van der Waals surface area contributed by atoms with Crippen LogP contribution in [0.15, 0.2) is 48.7 Å². The SMILES string of the molecule is Clc1ccc(C2CCCCN2OCc2ccccn2)cc1. The van der Waals surface area contributed by atoms with Gasteiger partial charge in [-0.2, -0.15) is 5.06 Å². The first-order valence-electron chi connectivity index (χ1n) is 7.38. The van der Waals surface area contributed by atoms with Gasteiger partial charge in [-0.3, -0.25) is 9.82 Å². The van der Waals surface area contributed by atoms with E-state index in [1.165, 1.54) is 18.4 Å². The fourth-order valence-corrected chi connectivity index (χ4v) is 2.84. The number of halogens is 1. The minimum absolute atomic E-state index is 0.305. The molecule has 1 unspecified atom stereocenters. The number of aromatic nitrogens is 1. The van der Waals surface area contributed by atoms with Crippen molar-refractivity contribution >= 4 is 11.6 Å². The van der Waals surface area contributed by atoms with Crippen LogP contribution in [0.4, 0.5) is 0 Å². The molecule has 0 saturated carbocycles. The van der Waals surface area contributed by atoms with E-state index in [0.717, 1.165) is 23.7 Å². The Labute approximate surface area is 130 Å². The molecule has 110 valence electrons. The number of piperidine rings is 1. The van der Waals surface area contributed by atoms with Gasteiger partial charge in [-0.1, -0.05) is 36.2 Å². The highest BCUT2D eigenvalue weighted by molar-refractivity contribution is 6.30. The third kappa shape index (κ3) is 3.82. The highest BCUT2D eigenvalue weighted by Crippen LogP contribution is 2.31. The van der Waals surface area contributed by atoms with Gasteiger partial charge in [-0.15, -0.1) is 0 Å². The van der Waals surface area contributed by atoms with Crippen molar-refractivity contribution in [2.75, 3.05) is 6.54 Å². The number of pyridine rings is 1. The van der Waals surface area contributed by atoms with Crippen LogP contribution in [0.1, 0.15) is 36.6 Å². The number of hydrogen-bond donors (Lipinski definition) is 0. The monoisotopic (exact) mass is 302 g/mol. The third-order valence-electron chi connectivity index (χ3n) is 3.81. The lowest BCUT2D eigenvalue weighted by Gasteiger charge is -2.34. The van der Waals surface area contributed by atoms with E-state index in [2.05, 4.69) is 22.2 Å². The second kappa shape index (κ2) is 7.03. The minimum Gasteiger partial charge on any atom is -0.292 e. The summed E-state index contributed by atoms with van der Waals surface area (Å²) in [5, 5.41) is 2.87. The zero-order valence-electron chi connectivity index (χ0n) is 11.9. The smallest absolute Gasteiger partial charge is 0.111 e. The molecule has 0 aliphatic carbocycles. The first-order chi connectivity index (χ1) is 10.3. The molecule has 0 spiro atoms. The van der Waals surface area contributed by atoms with E-state index in [0.29, 0.717) is 12.6 Å². The van der Waals surface area contributed by atoms with Crippen molar-refractivity contribution in [1.29, 1.82) is 0 Å². The average Bonchev–Trinajstić information content (AvgIpc) is 2.55. The van der Waals surface area contributed by atoms with Crippen LogP contribution in [0.3, 0.4) is 0 Å². The van der Waals surface area contributed by atoms with Crippen molar-refractivity contribution in [3.05, 3.63) is 64.9 Å². The molecule has 1 aliphatic heterocycles. The van der Waals surface area contributed by atoms with Gasteiger partial charge < -0.3 is 0 Å². The maximum atomic E-state index is 6.00. The second-order valence-electron chi connectivity index (χ2n) is 5.30. The van der Waals surface area contributed by atoms with Crippen molar-refractivity contribution in [3.8, 4) is 0 Å². The van der Waals surface area contributed by atoms with Gasteiger partial charge in [0.25, 0.3) is 0 Å². The van der Waals surface area contributed by atoms with Gasteiger partial charge in [0.15, 0.2) is 0 Å². The van der Waals surface area contributed by atoms with Crippen molar-refractivity contribution in [2.24, 2.45) is 0 Å². The van der Waals surface area contributed by atoms with Gasteiger partial charge in [0.1, 0.15) is 6.61 Å². The van der Waals surface area contributed by atoms with Crippen LogP contribution in [-0.4, -0.2) is 16.6 Å². The molecule has 0 radical (unpaired) electrons. The summed E-state index contributed by atoms with van der Waals surface area (Å²) in [5.74, 6) is 0. The van der Waals surface area contributed by atoms with E-state index < -0.39 is 0 Å². The van der Waals surface area contributed by atoms with Crippen LogP contribution >= 0.6 is 11.6 Å². The fraction of sp³-hybridized carbons (Fsp3) is 0.353. The molecule has 4 heteroatoms. The van der Waals surface area contributed by atoms with Gasteiger partial charge in [0.2, 0.25) is 0 Å². The number of benzene rings is 1. The van der Waals surface area contributed by atoms with E-state index in [1.54, 1.807) is 6.20 Å². The molecule has 1 aliphatic rings. The molecule has 1 fully saturated rings. The molecule has 1 aromatic heterocycles. The predicted molar refractivity (Wildman–Crippen MR) is 83.8 cm³/mol. The summed E-state index contributed by atoms with van der Waals surface area (Å²) < 4.78 is 0. The Balaban J connectivity index is 1.68. The molecular formula is C17H19ClN2O. The van der Waals surface area contributed by atoms with Crippen molar-refractivity contribution in [2.45, 2.75) is 31.9 Å². The Kier molecular flexibility index (Phi) is 4.86. The first-order valence-corrected chi connectivity index (χ1v) is 7.75. The summed E-state index contributed by atoms with van der Waals surface area (Å²) in [7, 11) is 0. The molecule has 1 atom stereocenters. The zero-order valence-corrected chi connectivity index (χ0v) is 12.7. The van der Waals surface area contributed by atoms with Crippen molar-refractivity contribution in [1.82, 2.24) is 10.0 Å². The molecule has 0 amide bonds. The Bertz CT molecular complexity index is 559. The topological polar surface area (TPSA) is 25.4 Å². The van der Waals surface area contributed by atoms with Gasteiger partial charge in [-0.25, -0.2) is 0 Å². The van der Waals surface area contributed by atoms with Crippen LogP contribution < -0.4 is 0 Å². The molecular weight excluding hydrogens is 284 g/mol. The third-order valence-corrected chi connectivity index (χ3v) is 4.06. The number of hydroxylamine groups is 2. The fourth-order valence-electron chi connectivity index (χ4n) is 2.71. The van der Waals surface area contributed by atoms with E-state index in [1.807, 2.05) is 30.3 Å². The normalized spacial score (nSPS) is 19.6. The Morgan fingerprint density at radius 3 is 2.76 bits per heavy atom. The summed E-state index contributed by atoms with van der Waals surface area (Å²) in [5.41, 5.74) is 2.22. The predicted octanol–water partition coefficient (Wildman–Crippen LogP) is 4.39. The molecule has 3 rings (SSSR count). The lowest BCUT2D eigenvalue weighted by molar-refractivity contribution is -0.210. The highest BCUT2D eigenvalue weighted by Gasteiger charge is 2.24. The van der Waals surface area contributed by atoms with Gasteiger partial charge in [0.05, 0.1) is 11.7 Å². The summed E-state index contributed by atoms with van der Waals surface area (Å²) in [6, 6.07) is 14.3. The molecule has 2 heterocycles. The Morgan fingerprint density at radius 2 is 2.00 bits per heavy atom. The number of nitrogens with zero attached hydrogens (tertiary/aromatic N) is 2. The number of hydrogen-bond acceptors (Lipinski definition) is 3. The van der Waals surface area contributed by atoms with Crippen molar-refractivity contribution in [3.63, 3.8) is 0 Å². The van der Waals surface area contributed by atoms with Gasteiger partial charge >= 0.3 is 0 Å². The zero-order chi connectivity index (χ0) is 14.5. The van der Waals surface area contributed by atoms with Crippen molar-refractivity contribution < 1.29 is 4.84 Å². The highest BCUT2D eigenvalue weighted by atomic mass is 35.5. The standard InChI is InChI=1S/C17H19ClN2O/c18-15-9-7-14(8-10-15)17-6-2-4-12-20(17)21-13-16-5-1-3-11-19-16/h1,3,5,7-11,17H,2,4,6,12-13H2. The molecule has 21 heavy (non-hydrogen) atoms. The largest absolute Gasteiger partial charge is 0.292 e. The molecule has 3 nitrogen and oxygen atoms in total. The lowest BCUT2D eigenvalue weighted by Crippen LogP contribution is -2.33. The molecule has 2 aromatic rings. The van der Waals surface area contributed by atoms with Crippen LogP contribution in [0.25, 0.3) is 0 Å². The first kappa shape index (κ1) is 14.5. The summed E-state index contributed by atoms with van der Waals surface area (Å²) in [4.78, 5) is 10.3. The molecule has 0 N–H and O–H groups in total. The molecule has 1 saturated heterocycles. The van der Waals surface area contributed by atoms with Gasteiger partial charge in [0, 0.05) is 17.8 Å². The van der Waals surface area contributed by atoms with E-state index >= 15 is 0 Å². The van der Waals surface area contributed by atoms with E-state index in [-0.39, 0.29) is 0 Å². The lowest BCUT2D eigenvalue weighted by atomic mass is 9.97. The minimum atomic E-state index is 0.305. The van der Waals surface area contributed by atoms with E-state index in [9.17, 15) is 0 Å². The van der Waals surface area contributed by atoms with E-state index in [4.69, 9.17) is 16.4 Å². The summed E-state index contributed by atoms with van der Waals surface area (Å²) >= 11 is 5.98. The summed E-state index contributed by atoms with van der Waals surface area (Å²) in [6.07, 6.45) is 5.32. The van der Waals surface area contributed by atoms with Gasteiger partial charge in [-0.05, 0) is 42.7 Å². The maximum absolute atomic E-state index is 6.00. The van der Waals surface area contributed by atoms with Crippen LogP contribution in [0.2, 0.25) is 5.02 Å². The Morgan fingerprint density at radius 1 is 1.14 bits per heavy atom. The quantitative estimate of drug-likeness (QED) is 0.837.